The number of nitrogen functional groups attached to an aromatic ring is 5. The molecule has 0 aliphatic rings. The van der Waals surface area contributed by atoms with Crippen LogP contribution in [0.15, 0.2) is 109 Å². The van der Waals surface area contributed by atoms with Crippen molar-refractivity contribution in [2.24, 2.45) is 0 Å². The highest BCUT2D eigenvalue weighted by Gasteiger charge is 2.19. The third kappa shape index (κ3) is 19.0. The smallest absolute Gasteiger partial charge is 0.298 e. The first-order chi connectivity index (χ1) is 30.6. The van der Waals surface area contributed by atoms with Gasteiger partial charge in [-0.2, -0.15) is 42.1 Å². The van der Waals surface area contributed by atoms with Crippen molar-refractivity contribution in [3.05, 3.63) is 90.0 Å². The van der Waals surface area contributed by atoms with Gasteiger partial charge in [0.2, 0.25) is 0 Å². The van der Waals surface area contributed by atoms with Crippen LogP contribution in [0.4, 0.5) is 28.4 Å². The number of hydrogen-bond donors (Lipinski definition) is 10. The maximum Gasteiger partial charge on any atom is 0.298 e. The summed E-state index contributed by atoms with van der Waals surface area (Å²) in [6.07, 6.45) is 0. The Bertz CT molecular complexity index is 3090. The fourth-order valence-corrected chi connectivity index (χ4v) is 8.09. The summed E-state index contributed by atoms with van der Waals surface area (Å²) in [6, 6.07) is 18.0. The Morgan fingerprint density at radius 2 is 0.866 bits per heavy atom. The molecule has 0 atom stereocenters. The molecule has 372 valence electrons. The standard InChI is InChI=1S/C8H11NO4S.C7H8ClNO4S.3C7H9NO4S/c1-2-13-7-4-3-6(9)5-8(7)14(10,11)12;1-13-6-3-7(14(10,11)12)4(8)2-5(6)9;1-12-7-3-2-5(4-6(7)8)13(9,10)11;1-12-5-2-3-6(8)7(4-5)13(9,10)11;1-12-6-3-2-5(8)4-7(6)13(9,10)11/h3-5H,2,9H2,1H3,(H,10,11,12);2-3H,9H2,1H3,(H,10,11,12);3*2-4H,8H2,1H3,(H,9,10,11). The van der Waals surface area contributed by atoms with Gasteiger partial charge in [0.1, 0.15) is 48.3 Å². The second-order valence-corrected chi connectivity index (χ2v) is 19.6. The van der Waals surface area contributed by atoms with Crippen LogP contribution in [-0.2, 0) is 50.6 Å². The summed E-state index contributed by atoms with van der Waals surface area (Å²) in [7, 11) is -15.9. The lowest BCUT2D eigenvalue weighted by Gasteiger charge is -2.07. The minimum Gasteiger partial charge on any atom is -0.497 e. The van der Waals surface area contributed by atoms with Crippen molar-refractivity contribution in [3.63, 3.8) is 0 Å². The van der Waals surface area contributed by atoms with Gasteiger partial charge in [-0.3, -0.25) is 22.8 Å². The van der Waals surface area contributed by atoms with Gasteiger partial charge < -0.3 is 52.4 Å². The van der Waals surface area contributed by atoms with Crippen LogP contribution in [0.1, 0.15) is 6.92 Å². The van der Waals surface area contributed by atoms with Crippen LogP contribution in [0.2, 0.25) is 5.02 Å². The Morgan fingerprint density at radius 1 is 0.433 bits per heavy atom. The Morgan fingerprint density at radius 3 is 1.27 bits per heavy atom. The number of ether oxygens (including phenoxy) is 5. The molecule has 0 unspecified atom stereocenters. The summed E-state index contributed by atoms with van der Waals surface area (Å²) in [4.78, 5) is -1.64. The molecular weight excluding hydrogens is 1020 g/mol. The first-order valence-corrected chi connectivity index (χ1v) is 25.1. The van der Waals surface area contributed by atoms with Crippen molar-refractivity contribution in [1.29, 1.82) is 0 Å². The van der Waals surface area contributed by atoms with Crippen LogP contribution in [-0.4, -0.2) is 99.9 Å². The van der Waals surface area contributed by atoms with E-state index in [2.05, 4.69) is 0 Å². The summed E-state index contributed by atoms with van der Waals surface area (Å²) < 4.78 is 176. The van der Waals surface area contributed by atoms with Gasteiger partial charge in [-0.05, 0) is 79.7 Å². The molecule has 5 aromatic rings. The van der Waals surface area contributed by atoms with E-state index in [1.807, 2.05) is 0 Å². The summed E-state index contributed by atoms with van der Waals surface area (Å²) >= 11 is 5.57. The molecule has 0 spiro atoms. The first kappa shape index (κ1) is 59.0. The molecule has 0 aliphatic carbocycles. The van der Waals surface area contributed by atoms with Crippen molar-refractivity contribution >= 4 is 90.6 Å². The molecule has 0 saturated carbocycles. The summed E-state index contributed by atoms with van der Waals surface area (Å²) in [6.45, 7) is 2.02. The fourth-order valence-electron chi connectivity index (χ4n) is 4.56. The Balaban J connectivity index is 0.000000419. The molecule has 5 aromatic carbocycles. The Kier molecular flexibility index (Phi) is 21.7. The van der Waals surface area contributed by atoms with Gasteiger partial charge in [0.15, 0.2) is 0 Å². The molecule has 0 bridgehead atoms. The van der Waals surface area contributed by atoms with E-state index in [0.717, 1.165) is 30.3 Å². The number of benzene rings is 5. The maximum atomic E-state index is 10.9. The SMILES string of the molecule is CCOc1ccc(N)cc1S(=O)(=O)O.COc1cc(S(=O)(=O)O)c(Cl)cc1N.COc1ccc(N)c(S(=O)(=O)O)c1.COc1ccc(N)cc1S(=O)(=O)O.COc1ccc(S(=O)(=O)O)cc1N. The molecule has 5 rings (SSSR count). The highest BCUT2D eigenvalue weighted by atomic mass is 35.5. The average Bonchev–Trinajstić information content (AvgIpc) is 3.21. The van der Waals surface area contributed by atoms with Crippen molar-refractivity contribution < 1.29 is 88.5 Å². The third-order valence-electron chi connectivity index (χ3n) is 7.57. The van der Waals surface area contributed by atoms with Crippen molar-refractivity contribution in [1.82, 2.24) is 0 Å². The molecule has 0 amide bonds. The highest BCUT2D eigenvalue weighted by Crippen LogP contribution is 2.32. The predicted molar refractivity (Wildman–Crippen MR) is 246 cm³/mol. The van der Waals surface area contributed by atoms with E-state index in [4.69, 9.17) is 86.7 Å². The van der Waals surface area contributed by atoms with Crippen LogP contribution in [0.5, 0.6) is 28.7 Å². The number of rotatable bonds is 11. The molecule has 0 saturated heterocycles. The molecule has 0 radical (unpaired) electrons. The number of methoxy groups -OCH3 is 4. The number of nitrogens with two attached hydrogens (primary N) is 5. The molecule has 0 aliphatic heterocycles. The Hall–Kier alpha value is -6.06. The maximum absolute atomic E-state index is 10.9. The Labute approximate surface area is 391 Å². The zero-order valence-electron chi connectivity index (χ0n) is 35.5. The number of hydrogen-bond acceptors (Lipinski definition) is 20. The summed E-state index contributed by atoms with van der Waals surface area (Å²) in [5, 5.41) is -0.147. The zero-order valence-corrected chi connectivity index (χ0v) is 40.3. The van der Waals surface area contributed by atoms with Gasteiger partial charge in [0, 0.05) is 23.5 Å². The lowest BCUT2D eigenvalue weighted by molar-refractivity contribution is 0.329. The second kappa shape index (κ2) is 24.6. The number of anilines is 5. The summed E-state index contributed by atoms with van der Waals surface area (Å²) in [5.41, 5.74) is 27.8. The first-order valence-electron chi connectivity index (χ1n) is 17.5. The molecular formula is C36H46ClN5O20S5. The average molecular weight is 1060 g/mol. The van der Waals surface area contributed by atoms with E-state index in [1.54, 1.807) is 6.92 Å². The molecule has 31 heteroatoms. The molecule has 25 nitrogen and oxygen atoms in total. The summed E-state index contributed by atoms with van der Waals surface area (Å²) in [5.74, 6) is 0.997. The van der Waals surface area contributed by atoms with Crippen LogP contribution >= 0.6 is 11.6 Å². The number of halogens is 1. The molecule has 67 heavy (non-hydrogen) atoms. The van der Waals surface area contributed by atoms with Crippen molar-refractivity contribution in [2.45, 2.75) is 31.4 Å². The normalized spacial score (nSPS) is 11.3. The topological polar surface area (TPSA) is 448 Å². The zero-order chi connectivity index (χ0) is 51.9. The van der Waals surface area contributed by atoms with Gasteiger partial charge in [-0.25, -0.2) is 0 Å². The quantitative estimate of drug-likeness (QED) is 0.0666. The lowest BCUT2D eigenvalue weighted by Crippen LogP contribution is -2.04. The van der Waals surface area contributed by atoms with Gasteiger partial charge in [-0.1, -0.05) is 11.6 Å². The van der Waals surface area contributed by atoms with E-state index < -0.39 is 55.5 Å². The van der Waals surface area contributed by atoms with Crippen LogP contribution in [0.3, 0.4) is 0 Å². The fraction of sp³-hybridized carbons (Fsp3) is 0.167. The molecule has 0 fully saturated rings. The van der Waals surface area contributed by atoms with Crippen LogP contribution in [0.25, 0.3) is 0 Å². The van der Waals surface area contributed by atoms with E-state index in [0.29, 0.717) is 18.1 Å². The largest absolute Gasteiger partial charge is 0.497 e. The predicted octanol–water partition coefficient (Wildman–Crippen LogP) is 3.66. The lowest BCUT2D eigenvalue weighted by atomic mass is 10.3. The third-order valence-corrected chi connectivity index (χ3v) is 12.4. The van der Waals surface area contributed by atoms with Crippen LogP contribution < -0.4 is 52.4 Å². The molecule has 0 heterocycles. The van der Waals surface area contributed by atoms with Gasteiger partial charge in [-0.15, -0.1) is 0 Å². The monoisotopic (exact) mass is 1060 g/mol. The van der Waals surface area contributed by atoms with Gasteiger partial charge in [0.05, 0.1) is 62.0 Å². The minimum absolute atomic E-state index is 0.0108. The van der Waals surface area contributed by atoms with E-state index in [9.17, 15) is 42.1 Å². The minimum atomic E-state index is -4.35. The molecule has 0 aromatic heterocycles. The van der Waals surface area contributed by atoms with E-state index >= 15 is 0 Å². The van der Waals surface area contributed by atoms with Crippen molar-refractivity contribution in [2.75, 3.05) is 63.7 Å². The van der Waals surface area contributed by atoms with E-state index in [1.165, 1.54) is 83.0 Å². The van der Waals surface area contributed by atoms with Crippen molar-refractivity contribution in [3.8, 4) is 28.7 Å². The van der Waals surface area contributed by atoms with Gasteiger partial charge >= 0.3 is 0 Å². The van der Waals surface area contributed by atoms with Crippen LogP contribution in [0, 0.1) is 0 Å². The molecule has 15 N–H and O–H groups in total. The second-order valence-electron chi connectivity index (χ2n) is 12.3. The van der Waals surface area contributed by atoms with Gasteiger partial charge in [0.25, 0.3) is 50.6 Å². The highest BCUT2D eigenvalue weighted by molar-refractivity contribution is 7.87. The van der Waals surface area contributed by atoms with E-state index in [-0.39, 0.29) is 70.3 Å².